The van der Waals surface area contributed by atoms with Crippen molar-refractivity contribution in [1.82, 2.24) is 10.2 Å². The number of carboxylic acid groups (broad SMARTS) is 1. The molecule has 0 spiro atoms. The summed E-state index contributed by atoms with van der Waals surface area (Å²) >= 11 is 6.13. The van der Waals surface area contributed by atoms with E-state index < -0.39 is 17.4 Å². The normalized spacial score (nSPS) is 18.9. The summed E-state index contributed by atoms with van der Waals surface area (Å²) in [4.78, 5) is 43.9. The zero-order valence-electron chi connectivity index (χ0n) is 24.1. The van der Waals surface area contributed by atoms with Gasteiger partial charge in [-0.1, -0.05) is 58.4 Å². The topological polar surface area (TPSA) is 99.1 Å². The fourth-order valence-corrected chi connectivity index (χ4v) is 5.16. The number of halogens is 2. The molecule has 1 aliphatic rings. The van der Waals surface area contributed by atoms with E-state index in [2.05, 4.69) is 33.0 Å². The first-order valence-corrected chi connectivity index (χ1v) is 14.0. The van der Waals surface area contributed by atoms with Gasteiger partial charge in [-0.25, -0.2) is 4.39 Å². The number of hydrogen-bond acceptors (Lipinski definition) is 4. The summed E-state index contributed by atoms with van der Waals surface area (Å²) in [5.41, 5.74) is 0.957. The average Bonchev–Trinajstić information content (AvgIpc) is 3.13. The van der Waals surface area contributed by atoms with Gasteiger partial charge in [0.25, 0.3) is 11.8 Å². The summed E-state index contributed by atoms with van der Waals surface area (Å²) in [6, 6.07) is 10.6. The lowest BCUT2D eigenvalue weighted by atomic mass is 9.78. The third-order valence-corrected chi connectivity index (χ3v) is 8.06. The van der Waals surface area contributed by atoms with Gasteiger partial charge in [0.1, 0.15) is 17.2 Å². The molecule has 3 atom stereocenters. The second-order valence-electron chi connectivity index (χ2n) is 11.8. The second-order valence-corrected chi connectivity index (χ2v) is 12.2. The number of amides is 2. The van der Waals surface area contributed by atoms with E-state index in [0.29, 0.717) is 29.9 Å². The highest BCUT2D eigenvalue weighted by atomic mass is 35.5. The molecule has 0 aromatic heterocycles. The molecule has 0 radical (unpaired) electrons. The van der Waals surface area contributed by atoms with Crippen LogP contribution in [0.1, 0.15) is 94.8 Å². The van der Waals surface area contributed by atoms with Crippen molar-refractivity contribution in [3.8, 4) is 0 Å². The Morgan fingerprint density at radius 1 is 1.18 bits per heavy atom. The zero-order chi connectivity index (χ0) is 29.8. The molecule has 2 aromatic carbocycles. The molecule has 0 bridgehead atoms. The predicted octanol–water partition coefficient (Wildman–Crippen LogP) is 6.64. The third-order valence-electron chi connectivity index (χ3n) is 7.84. The van der Waals surface area contributed by atoms with Crippen LogP contribution < -0.4 is 5.32 Å². The number of rotatable bonds is 11. The van der Waals surface area contributed by atoms with E-state index in [4.69, 9.17) is 21.7 Å². The van der Waals surface area contributed by atoms with Crippen molar-refractivity contribution in [3.05, 3.63) is 70.0 Å². The minimum atomic E-state index is -0.987. The van der Waals surface area contributed by atoms with Crippen LogP contribution >= 0.6 is 11.6 Å². The molecule has 9 heteroatoms. The molecule has 0 saturated carbocycles. The standard InChI is InChI=1S/C31H39ClFN3O4/c1-7-25(20-8-10-21(11-9-20)28(39)34-15-13-26(37)38)36-29(40)27(22-16-23(32)18-24(33)17-22)35-31(36,6)14-12-19(2)30(3,4)5/h8-11,16-19,25H,7,12-15H2,1-6H3,(H,34,39)(H,37,38)/t19?,25-,31?/m1/s1. The van der Waals surface area contributed by atoms with E-state index in [9.17, 15) is 18.8 Å². The lowest BCUT2D eigenvalue weighted by molar-refractivity contribution is -0.137. The zero-order valence-corrected chi connectivity index (χ0v) is 24.8. The second kappa shape index (κ2) is 12.5. The van der Waals surface area contributed by atoms with Crippen LogP contribution in [-0.4, -0.2) is 45.7 Å². The number of hydrogen-bond donors (Lipinski definition) is 2. The van der Waals surface area contributed by atoms with Crippen molar-refractivity contribution in [1.29, 1.82) is 0 Å². The molecule has 2 unspecified atom stereocenters. The number of benzene rings is 2. The van der Waals surface area contributed by atoms with Gasteiger partial charge in [0.05, 0.1) is 12.5 Å². The van der Waals surface area contributed by atoms with Crippen LogP contribution in [-0.2, 0) is 9.59 Å². The van der Waals surface area contributed by atoms with E-state index in [-0.39, 0.29) is 47.0 Å². The Hall–Kier alpha value is -3.26. The lowest BCUT2D eigenvalue weighted by Gasteiger charge is -2.40. The molecule has 7 nitrogen and oxygen atoms in total. The summed E-state index contributed by atoms with van der Waals surface area (Å²) in [5, 5.41) is 11.6. The molecule has 0 aliphatic carbocycles. The smallest absolute Gasteiger partial charge is 0.305 e. The number of aliphatic imine (C=N–C) groups is 1. The monoisotopic (exact) mass is 571 g/mol. The van der Waals surface area contributed by atoms with Gasteiger partial charge in [0, 0.05) is 22.7 Å². The third kappa shape index (κ3) is 7.27. The molecule has 2 N–H and O–H groups in total. The van der Waals surface area contributed by atoms with Gasteiger partial charge in [-0.15, -0.1) is 0 Å². The molecule has 40 heavy (non-hydrogen) atoms. The first kappa shape index (κ1) is 31.3. The van der Waals surface area contributed by atoms with Gasteiger partial charge < -0.3 is 15.3 Å². The first-order chi connectivity index (χ1) is 18.7. The van der Waals surface area contributed by atoms with Gasteiger partial charge in [-0.3, -0.25) is 19.4 Å². The first-order valence-electron chi connectivity index (χ1n) is 13.7. The minimum absolute atomic E-state index is 0.0331. The molecular formula is C31H39ClFN3O4. The molecule has 2 aromatic rings. The van der Waals surface area contributed by atoms with Crippen LogP contribution in [0.3, 0.4) is 0 Å². The van der Waals surface area contributed by atoms with Gasteiger partial charge in [-0.2, -0.15) is 0 Å². The lowest BCUT2D eigenvalue weighted by Crippen LogP contribution is -2.47. The van der Waals surface area contributed by atoms with Crippen LogP contribution in [0.2, 0.25) is 5.02 Å². The highest BCUT2D eigenvalue weighted by Gasteiger charge is 2.47. The molecular weight excluding hydrogens is 533 g/mol. The largest absolute Gasteiger partial charge is 0.481 e. The Kier molecular flexibility index (Phi) is 9.77. The summed E-state index contributed by atoms with van der Waals surface area (Å²) in [6.07, 6.45) is 1.87. The number of aliphatic carboxylic acids is 1. The predicted molar refractivity (Wildman–Crippen MR) is 155 cm³/mol. The summed E-state index contributed by atoms with van der Waals surface area (Å²) in [7, 11) is 0. The molecule has 2 amide bonds. The molecule has 1 aliphatic heterocycles. The van der Waals surface area contributed by atoms with Crippen molar-refractivity contribution >= 4 is 35.1 Å². The van der Waals surface area contributed by atoms with E-state index in [0.717, 1.165) is 12.0 Å². The van der Waals surface area contributed by atoms with Gasteiger partial charge in [-0.05, 0) is 73.4 Å². The van der Waals surface area contributed by atoms with E-state index in [1.807, 2.05) is 26.0 Å². The molecule has 216 valence electrons. The SMILES string of the molecule is CC[C@H](c1ccc(C(=O)NCCC(=O)O)cc1)N1C(=O)C(c2cc(F)cc(Cl)c2)=NC1(C)CCC(C)C(C)(C)C. The molecule has 3 rings (SSSR count). The van der Waals surface area contributed by atoms with Crippen LogP contribution in [0, 0.1) is 17.2 Å². The van der Waals surface area contributed by atoms with E-state index in [1.165, 1.54) is 12.1 Å². The number of nitrogens with one attached hydrogen (secondary N) is 1. The highest BCUT2D eigenvalue weighted by molar-refractivity contribution is 6.47. The average molecular weight is 572 g/mol. The Labute approximate surface area is 240 Å². The Bertz CT molecular complexity index is 1270. The maximum Gasteiger partial charge on any atom is 0.305 e. The Balaban J connectivity index is 1.96. The molecule has 0 saturated heterocycles. The van der Waals surface area contributed by atoms with Gasteiger partial charge in [0.2, 0.25) is 0 Å². The quantitative estimate of drug-likeness (QED) is 0.315. The van der Waals surface area contributed by atoms with Crippen LogP contribution in [0.5, 0.6) is 0 Å². The van der Waals surface area contributed by atoms with Crippen molar-refractivity contribution in [2.24, 2.45) is 16.3 Å². The van der Waals surface area contributed by atoms with E-state index >= 15 is 0 Å². The van der Waals surface area contributed by atoms with Crippen LogP contribution in [0.25, 0.3) is 0 Å². The number of carbonyl (C=O) groups excluding carboxylic acids is 2. The molecule has 1 heterocycles. The highest BCUT2D eigenvalue weighted by Crippen LogP contribution is 2.42. The van der Waals surface area contributed by atoms with E-state index in [1.54, 1.807) is 23.1 Å². The molecule has 0 fully saturated rings. The van der Waals surface area contributed by atoms with Crippen LogP contribution in [0.4, 0.5) is 4.39 Å². The Morgan fingerprint density at radius 3 is 2.38 bits per heavy atom. The summed E-state index contributed by atoms with van der Waals surface area (Å²) in [6.45, 7) is 12.7. The van der Waals surface area contributed by atoms with Crippen LogP contribution in [0.15, 0.2) is 47.5 Å². The maximum absolute atomic E-state index is 14.3. The fourth-order valence-electron chi connectivity index (χ4n) is 4.94. The minimum Gasteiger partial charge on any atom is -0.481 e. The summed E-state index contributed by atoms with van der Waals surface area (Å²) < 4.78 is 14.3. The van der Waals surface area contributed by atoms with Crippen molar-refractivity contribution in [3.63, 3.8) is 0 Å². The maximum atomic E-state index is 14.3. The van der Waals surface area contributed by atoms with Gasteiger partial charge >= 0.3 is 5.97 Å². The summed E-state index contributed by atoms with van der Waals surface area (Å²) in [5.74, 6) is -1.83. The van der Waals surface area contributed by atoms with Crippen molar-refractivity contribution in [2.75, 3.05) is 6.54 Å². The number of carboxylic acids is 1. The number of carbonyl (C=O) groups is 3. The van der Waals surface area contributed by atoms with Crippen molar-refractivity contribution in [2.45, 2.75) is 78.9 Å². The Morgan fingerprint density at radius 2 is 1.82 bits per heavy atom. The van der Waals surface area contributed by atoms with Gasteiger partial charge in [0.15, 0.2) is 0 Å². The fraction of sp³-hybridized carbons (Fsp3) is 0.484. The number of nitrogens with zero attached hydrogens (tertiary/aromatic N) is 2. The van der Waals surface area contributed by atoms with Crippen molar-refractivity contribution < 1.29 is 23.9 Å².